The van der Waals surface area contributed by atoms with Gasteiger partial charge in [0.05, 0.1) is 5.56 Å². The van der Waals surface area contributed by atoms with Crippen LogP contribution in [-0.2, 0) is 0 Å². The topological polar surface area (TPSA) is 49.3 Å². The minimum atomic E-state index is -2.60. The highest BCUT2D eigenvalue weighted by Crippen LogP contribution is 2.39. The number of aromatic carboxylic acids is 1. The third-order valence-electron chi connectivity index (χ3n) is 2.61. The number of para-hydroxylation sites is 1. The largest absolute Gasteiger partial charge is 0.478 e. The van der Waals surface area contributed by atoms with Crippen LogP contribution in [0.25, 0.3) is 0 Å². The molecule has 1 fully saturated rings. The Bertz CT molecular complexity index is 412. The predicted molar refractivity (Wildman–Crippen MR) is 55.0 cm³/mol. The molecule has 0 saturated heterocycles. The molecule has 3 nitrogen and oxygen atoms in total. The molecule has 16 heavy (non-hydrogen) atoms. The van der Waals surface area contributed by atoms with Crippen molar-refractivity contribution in [2.45, 2.75) is 24.8 Å². The lowest BCUT2D eigenvalue weighted by molar-refractivity contribution is -0.0793. The fourth-order valence-corrected chi connectivity index (χ4v) is 1.78. The molecular formula is C11H11F2NO2. The molecule has 2 N–H and O–H groups in total. The monoisotopic (exact) mass is 227 g/mol. The number of nitrogens with one attached hydrogen (secondary N) is 1. The lowest BCUT2D eigenvalue weighted by Crippen LogP contribution is -2.44. The van der Waals surface area contributed by atoms with Gasteiger partial charge in [0.15, 0.2) is 0 Å². The van der Waals surface area contributed by atoms with E-state index >= 15 is 0 Å². The van der Waals surface area contributed by atoms with Crippen LogP contribution in [0.5, 0.6) is 0 Å². The first-order valence-corrected chi connectivity index (χ1v) is 4.95. The van der Waals surface area contributed by atoms with Gasteiger partial charge in [-0.25, -0.2) is 13.6 Å². The van der Waals surface area contributed by atoms with Crippen molar-refractivity contribution >= 4 is 11.7 Å². The number of hydrogen-bond donors (Lipinski definition) is 2. The van der Waals surface area contributed by atoms with Crippen molar-refractivity contribution in [2.24, 2.45) is 0 Å². The van der Waals surface area contributed by atoms with E-state index in [1.54, 1.807) is 18.2 Å². The second kappa shape index (κ2) is 3.73. The Kier molecular flexibility index (Phi) is 2.53. The number of hydrogen-bond acceptors (Lipinski definition) is 2. The summed E-state index contributed by atoms with van der Waals surface area (Å²) >= 11 is 0. The SMILES string of the molecule is O=C(O)c1ccccc1NC1CC(F)(F)C1. The maximum atomic E-state index is 12.6. The van der Waals surface area contributed by atoms with Crippen molar-refractivity contribution in [2.75, 3.05) is 5.32 Å². The third kappa shape index (κ3) is 2.13. The molecule has 5 heteroatoms. The predicted octanol–water partition coefficient (Wildman–Crippen LogP) is 2.59. The van der Waals surface area contributed by atoms with E-state index in [2.05, 4.69) is 5.32 Å². The van der Waals surface area contributed by atoms with Crippen molar-refractivity contribution < 1.29 is 18.7 Å². The van der Waals surface area contributed by atoms with Gasteiger partial charge in [0.25, 0.3) is 5.92 Å². The minimum Gasteiger partial charge on any atom is -0.478 e. The zero-order valence-corrected chi connectivity index (χ0v) is 8.41. The third-order valence-corrected chi connectivity index (χ3v) is 2.61. The van der Waals surface area contributed by atoms with Crippen molar-refractivity contribution in [1.29, 1.82) is 0 Å². The molecule has 1 saturated carbocycles. The summed E-state index contributed by atoms with van der Waals surface area (Å²) in [4.78, 5) is 10.8. The van der Waals surface area contributed by atoms with Gasteiger partial charge in [0.1, 0.15) is 0 Å². The second-order valence-corrected chi connectivity index (χ2v) is 3.96. The molecule has 1 aromatic carbocycles. The van der Waals surface area contributed by atoms with E-state index in [9.17, 15) is 13.6 Å². The summed E-state index contributed by atoms with van der Waals surface area (Å²) in [6.07, 6.45) is -0.470. The van der Waals surface area contributed by atoms with Crippen LogP contribution in [0, 0.1) is 0 Å². The van der Waals surface area contributed by atoms with E-state index in [-0.39, 0.29) is 24.4 Å². The molecule has 0 spiro atoms. The number of benzene rings is 1. The normalized spacial score (nSPS) is 18.9. The Morgan fingerprint density at radius 2 is 2.00 bits per heavy atom. The van der Waals surface area contributed by atoms with Crippen LogP contribution in [0.1, 0.15) is 23.2 Å². The van der Waals surface area contributed by atoms with E-state index in [1.165, 1.54) is 6.07 Å². The van der Waals surface area contributed by atoms with Crippen LogP contribution in [0.15, 0.2) is 24.3 Å². The first-order valence-electron chi connectivity index (χ1n) is 4.95. The van der Waals surface area contributed by atoms with Gasteiger partial charge in [-0.1, -0.05) is 12.1 Å². The summed E-state index contributed by atoms with van der Waals surface area (Å²) in [5.41, 5.74) is 0.508. The summed E-state index contributed by atoms with van der Waals surface area (Å²) < 4.78 is 25.2. The molecule has 1 aliphatic carbocycles. The maximum absolute atomic E-state index is 12.6. The van der Waals surface area contributed by atoms with E-state index in [1.807, 2.05) is 0 Å². The van der Waals surface area contributed by atoms with Crippen LogP contribution in [-0.4, -0.2) is 23.0 Å². The van der Waals surface area contributed by atoms with Gasteiger partial charge in [-0.3, -0.25) is 0 Å². The summed E-state index contributed by atoms with van der Waals surface area (Å²) in [6.45, 7) is 0. The van der Waals surface area contributed by atoms with Gasteiger partial charge >= 0.3 is 5.97 Å². The number of halogens is 2. The molecule has 0 bridgehead atoms. The molecule has 0 aromatic heterocycles. The average molecular weight is 227 g/mol. The van der Waals surface area contributed by atoms with Gasteiger partial charge in [0, 0.05) is 24.6 Å². The standard InChI is InChI=1S/C11H11F2NO2/c12-11(13)5-7(6-11)14-9-4-2-1-3-8(9)10(15)16/h1-4,7,14H,5-6H2,(H,15,16). The molecule has 1 aromatic rings. The van der Waals surface area contributed by atoms with E-state index in [4.69, 9.17) is 5.11 Å². The average Bonchev–Trinajstić information content (AvgIpc) is 2.15. The van der Waals surface area contributed by atoms with E-state index < -0.39 is 11.9 Å². The molecule has 86 valence electrons. The molecule has 0 atom stereocenters. The molecule has 0 heterocycles. The summed E-state index contributed by atoms with van der Waals surface area (Å²) in [5, 5.41) is 11.7. The Morgan fingerprint density at radius 3 is 2.56 bits per heavy atom. The number of carboxylic acid groups (broad SMARTS) is 1. The number of alkyl halides is 2. The Balaban J connectivity index is 2.08. The van der Waals surface area contributed by atoms with E-state index in [0.717, 1.165) is 0 Å². The molecule has 0 unspecified atom stereocenters. The van der Waals surface area contributed by atoms with Gasteiger partial charge in [-0.05, 0) is 12.1 Å². The van der Waals surface area contributed by atoms with E-state index in [0.29, 0.717) is 5.69 Å². The number of anilines is 1. The Hall–Kier alpha value is -1.65. The summed E-state index contributed by atoms with van der Waals surface area (Å²) in [6, 6.07) is 5.97. The number of rotatable bonds is 3. The van der Waals surface area contributed by atoms with Crippen molar-refractivity contribution in [3.8, 4) is 0 Å². The lowest BCUT2D eigenvalue weighted by atomic mass is 9.88. The fraction of sp³-hybridized carbons (Fsp3) is 0.364. The molecule has 1 aliphatic rings. The zero-order chi connectivity index (χ0) is 11.8. The molecular weight excluding hydrogens is 216 g/mol. The van der Waals surface area contributed by atoms with Crippen LogP contribution in [0.3, 0.4) is 0 Å². The number of carboxylic acids is 1. The second-order valence-electron chi connectivity index (χ2n) is 3.96. The first-order chi connectivity index (χ1) is 7.48. The van der Waals surface area contributed by atoms with Gasteiger partial charge in [0.2, 0.25) is 0 Å². The van der Waals surface area contributed by atoms with Crippen LogP contribution in [0.2, 0.25) is 0 Å². The quantitative estimate of drug-likeness (QED) is 0.834. The highest BCUT2D eigenvalue weighted by atomic mass is 19.3. The Morgan fingerprint density at radius 1 is 1.38 bits per heavy atom. The Labute approximate surface area is 91.1 Å². The fourth-order valence-electron chi connectivity index (χ4n) is 1.78. The molecule has 0 radical (unpaired) electrons. The molecule has 0 aliphatic heterocycles. The molecule has 2 rings (SSSR count). The van der Waals surface area contributed by atoms with Gasteiger partial charge < -0.3 is 10.4 Å². The summed E-state index contributed by atoms with van der Waals surface area (Å²) in [7, 11) is 0. The first kappa shape index (κ1) is 10.9. The highest BCUT2D eigenvalue weighted by Gasteiger charge is 2.45. The van der Waals surface area contributed by atoms with Gasteiger partial charge in [-0.15, -0.1) is 0 Å². The van der Waals surface area contributed by atoms with Crippen molar-refractivity contribution in [3.05, 3.63) is 29.8 Å². The highest BCUT2D eigenvalue weighted by molar-refractivity contribution is 5.94. The smallest absolute Gasteiger partial charge is 0.337 e. The van der Waals surface area contributed by atoms with Gasteiger partial charge in [-0.2, -0.15) is 0 Å². The van der Waals surface area contributed by atoms with Crippen LogP contribution in [0.4, 0.5) is 14.5 Å². The number of carbonyl (C=O) groups is 1. The van der Waals surface area contributed by atoms with Crippen molar-refractivity contribution in [3.63, 3.8) is 0 Å². The maximum Gasteiger partial charge on any atom is 0.337 e. The van der Waals surface area contributed by atoms with Crippen molar-refractivity contribution in [1.82, 2.24) is 0 Å². The van der Waals surface area contributed by atoms with Crippen LogP contribution >= 0.6 is 0 Å². The zero-order valence-electron chi connectivity index (χ0n) is 8.41. The van der Waals surface area contributed by atoms with Crippen LogP contribution < -0.4 is 5.32 Å². The minimum absolute atomic E-state index is 0.109. The summed E-state index contributed by atoms with van der Waals surface area (Å²) in [5.74, 6) is -3.66. The molecule has 0 amide bonds. The lowest BCUT2D eigenvalue weighted by Gasteiger charge is -2.36.